The van der Waals surface area contributed by atoms with Crippen molar-refractivity contribution in [3.05, 3.63) is 44.6 Å². The average molecular weight is 403 g/mol. The van der Waals surface area contributed by atoms with Gasteiger partial charge in [0.1, 0.15) is 16.9 Å². The van der Waals surface area contributed by atoms with Gasteiger partial charge >= 0.3 is 0 Å². The molecule has 0 aliphatic rings. The van der Waals surface area contributed by atoms with Gasteiger partial charge in [-0.15, -0.1) is 11.3 Å². The van der Waals surface area contributed by atoms with Gasteiger partial charge in [0.2, 0.25) is 5.91 Å². The number of aldehydes is 1. The van der Waals surface area contributed by atoms with Crippen molar-refractivity contribution < 1.29 is 14.7 Å². The van der Waals surface area contributed by atoms with E-state index in [1.807, 2.05) is 13.8 Å². The lowest BCUT2D eigenvalue weighted by atomic mass is 10.2. The van der Waals surface area contributed by atoms with Crippen molar-refractivity contribution in [1.29, 1.82) is 0 Å². The number of phenols is 1. The van der Waals surface area contributed by atoms with Crippen molar-refractivity contribution in [2.24, 2.45) is 0 Å². The van der Waals surface area contributed by atoms with Crippen LogP contribution < -0.4 is 10.9 Å². The summed E-state index contributed by atoms with van der Waals surface area (Å²) in [5.74, 6) is -0.525. The second-order valence-electron chi connectivity index (χ2n) is 5.98. The van der Waals surface area contributed by atoms with E-state index in [1.165, 1.54) is 29.5 Å². The molecule has 1 atom stereocenters. The number of carbonyl (C=O) groups is 2. The van der Waals surface area contributed by atoms with Crippen LogP contribution in [0.25, 0.3) is 10.2 Å². The van der Waals surface area contributed by atoms with Crippen molar-refractivity contribution in [3.63, 3.8) is 0 Å². The molecule has 0 radical (unpaired) electrons. The van der Waals surface area contributed by atoms with Crippen molar-refractivity contribution in [2.45, 2.75) is 31.2 Å². The Labute approximate surface area is 162 Å². The van der Waals surface area contributed by atoms with E-state index in [4.69, 9.17) is 0 Å². The average Bonchev–Trinajstić information content (AvgIpc) is 2.91. The molecule has 3 rings (SSSR count). The topological polar surface area (TPSA) is 112 Å². The van der Waals surface area contributed by atoms with Gasteiger partial charge in [0.15, 0.2) is 5.16 Å². The van der Waals surface area contributed by atoms with Crippen LogP contribution in [-0.2, 0) is 4.79 Å². The first-order chi connectivity index (χ1) is 12.8. The maximum atomic E-state index is 12.4. The molecule has 0 aliphatic heterocycles. The highest BCUT2D eigenvalue weighted by atomic mass is 32.2. The van der Waals surface area contributed by atoms with Gasteiger partial charge in [-0.2, -0.15) is 0 Å². The highest BCUT2D eigenvalue weighted by molar-refractivity contribution is 8.00. The van der Waals surface area contributed by atoms with E-state index < -0.39 is 5.25 Å². The monoisotopic (exact) mass is 403 g/mol. The number of phenolic OH excluding ortho intramolecular Hbond substituents is 1. The van der Waals surface area contributed by atoms with Crippen LogP contribution in [0.2, 0.25) is 0 Å². The van der Waals surface area contributed by atoms with E-state index in [1.54, 1.807) is 6.92 Å². The van der Waals surface area contributed by atoms with Crippen molar-refractivity contribution >= 4 is 51.2 Å². The van der Waals surface area contributed by atoms with E-state index in [0.717, 1.165) is 22.2 Å². The summed E-state index contributed by atoms with van der Waals surface area (Å²) in [5, 5.41) is 12.8. The third-order valence-corrected chi connectivity index (χ3v) is 6.17. The van der Waals surface area contributed by atoms with Gasteiger partial charge < -0.3 is 15.4 Å². The van der Waals surface area contributed by atoms with E-state index in [-0.39, 0.29) is 22.9 Å². The molecule has 0 aliphatic carbocycles. The number of anilines is 1. The molecule has 1 aromatic carbocycles. The number of rotatable bonds is 5. The third kappa shape index (κ3) is 3.88. The highest BCUT2D eigenvalue weighted by Crippen LogP contribution is 2.29. The zero-order valence-electron chi connectivity index (χ0n) is 14.8. The fourth-order valence-electron chi connectivity index (χ4n) is 2.47. The van der Waals surface area contributed by atoms with Crippen LogP contribution in [0.1, 0.15) is 27.7 Å². The Hall–Kier alpha value is -2.65. The molecule has 0 saturated heterocycles. The van der Waals surface area contributed by atoms with Crippen molar-refractivity contribution in [2.75, 3.05) is 5.32 Å². The molecule has 3 N–H and O–H groups in total. The standard InChI is InChI=1S/C18H17N3O4S2/c1-8-9(2)26-17-14(8)16(25)20-18(21-17)27-10(3)15(24)19-12-6-11(7-22)4-5-13(12)23/h4-7,10,23H,1-3H3,(H,19,24)(H,20,21,25). The molecule has 2 heterocycles. The number of nitrogens with one attached hydrogen (secondary N) is 2. The van der Waals surface area contributed by atoms with Gasteiger partial charge in [-0.05, 0) is 44.5 Å². The van der Waals surface area contributed by atoms with E-state index in [9.17, 15) is 19.5 Å². The molecule has 0 saturated carbocycles. The van der Waals surface area contributed by atoms with Gasteiger partial charge in [-0.1, -0.05) is 11.8 Å². The number of aromatic nitrogens is 2. The lowest BCUT2D eigenvalue weighted by Gasteiger charge is -2.12. The highest BCUT2D eigenvalue weighted by Gasteiger charge is 2.19. The summed E-state index contributed by atoms with van der Waals surface area (Å²) >= 11 is 2.55. The second-order valence-corrected chi connectivity index (χ2v) is 8.51. The number of nitrogens with zero attached hydrogens (tertiary/aromatic N) is 1. The van der Waals surface area contributed by atoms with Crippen molar-refractivity contribution in [1.82, 2.24) is 9.97 Å². The lowest BCUT2D eigenvalue weighted by molar-refractivity contribution is -0.115. The summed E-state index contributed by atoms with van der Waals surface area (Å²) in [6.45, 7) is 5.48. The summed E-state index contributed by atoms with van der Waals surface area (Å²) in [5.41, 5.74) is 1.17. The Balaban J connectivity index is 1.80. The Kier molecular flexibility index (Phi) is 5.33. The molecule has 2 aromatic heterocycles. The summed E-state index contributed by atoms with van der Waals surface area (Å²) in [6.07, 6.45) is 0.627. The number of aromatic hydroxyl groups is 1. The van der Waals surface area contributed by atoms with Gasteiger partial charge in [0, 0.05) is 10.4 Å². The molecule has 1 amide bonds. The lowest BCUT2D eigenvalue weighted by Crippen LogP contribution is -2.23. The second kappa shape index (κ2) is 7.53. The number of amides is 1. The minimum atomic E-state index is -0.591. The van der Waals surface area contributed by atoms with E-state index in [0.29, 0.717) is 27.2 Å². The number of thiophene rings is 1. The molecule has 140 valence electrons. The number of hydrogen-bond acceptors (Lipinski definition) is 7. The van der Waals surface area contributed by atoms with Crippen molar-refractivity contribution in [3.8, 4) is 5.75 Å². The van der Waals surface area contributed by atoms with Crippen LogP contribution in [0.5, 0.6) is 5.75 Å². The first-order valence-corrected chi connectivity index (χ1v) is 9.75. The molecular weight excluding hydrogens is 386 g/mol. The molecule has 1 unspecified atom stereocenters. The molecule has 0 fully saturated rings. The predicted octanol–water partition coefficient (Wildman–Crippen LogP) is 3.24. The van der Waals surface area contributed by atoms with E-state index in [2.05, 4.69) is 15.3 Å². The van der Waals surface area contributed by atoms with E-state index >= 15 is 0 Å². The third-order valence-electron chi connectivity index (χ3n) is 4.09. The maximum absolute atomic E-state index is 12.4. The van der Waals surface area contributed by atoms with Gasteiger partial charge in [0.05, 0.1) is 16.3 Å². The Bertz CT molecular complexity index is 1100. The minimum absolute atomic E-state index is 0.136. The number of hydrogen-bond donors (Lipinski definition) is 3. The number of H-pyrrole nitrogens is 1. The molecule has 7 nitrogen and oxygen atoms in total. The molecule has 27 heavy (non-hydrogen) atoms. The van der Waals surface area contributed by atoms with Crippen LogP contribution in [-0.4, -0.2) is 32.5 Å². The zero-order chi connectivity index (χ0) is 19.7. The number of aromatic amines is 1. The zero-order valence-corrected chi connectivity index (χ0v) is 16.5. The number of thioether (sulfide) groups is 1. The number of benzene rings is 1. The number of aryl methyl sites for hydroxylation is 2. The molecule has 0 spiro atoms. The largest absolute Gasteiger partial charge is 0.506 e. The Morgan fingerprint density at radius 3 is 2.85 bits per heavy atom. The fourth-order valence-corrected chi connectivity index (χ4v) is 4.36. The smallest absolute Gasteiger partial charge is 0.260 e. The summed E-state index contributed by atoms with van der Waals surface area (Å²) in [4.78, 5) is 44.4. The van der Waals surface area contributed by atoms with Crippen LogP contribution in [0.3, 0.4) is 0 Å². The fraction of sp³-hybridized carbons (Fsp3) is 0.222. The summed E-state index contributed by atoms with van der Waals surface area (Å²) in [7, 11) is 0. The number of carbonyl (C=O) groups excluding carboxylic acids is 2. The molecule has 0 bridgehead atoms. The summed E-state index contributed by atoms with van der Waals surface area (Å²) < 4.78 is 0. The van der Waals surface area contributed by atoms with Gasteiger partial charge in [-0.25, -0.2) is 4.98 Å². The summed E-state index contributed by atoms with van der Waals surface area (Å²) in [6, 6.07) is 4.18. The first kappa shape index (κ1) is 19.1. The molecular formula is C18H17N3O4S2. The maximum Gasteiger partial charge on any atom is 0.260 e. The van der Waals surface area contributed by atoms with Crippen LogP contribution >= 0.6 is 23.1 Å². The van der Waals surface area contributed by atoms with Crippen LogP contribution in [0, 0.1) is 13.8 Å². The van der Waals surface area contributed by atoms with Crippen LogP contribution in [0.4, 0.5) is 5.69 Å². The van der Waals surface area contributed by atoms with Gasteiger partial charge in [-0.3, -0.25) is 14.4 Å². The predicted molar refractivity (Wildman–Crippen MR) is 107 cm³/mol. The molecule has 9 heteroatoms. The normalized spacial score (nSPS) is 12.1. The first-order valence-electron chi connectivity index (χ1n) is 8.06. The SMILES string of the molecule is Cc1sc2nc(SC(C)C(=O)Nc3cc(C=O)ccc3O)[nH]c(=O)c2c1C. The Morgan fingerprint density at radius 1 is 1.41 bits per heavy atom. The molecule has 3 aromatic rings. The minimum Gasteiger partial charge on any atom is -0.506 e. The number of fused-ring (bicyclic) bond motifs is 1. The quantitative estimate of drug-likeness (QED) is 0.261. The Morgan fingerprint density at radius 2 is 2.15 bits per heavy atom. The van der Waals surface area contributed by atoms with Gasteiger partial charge in [0.25, 0.3) is 5.56 Å². The van der Waals surface area contributed by atoms with Crippen LogP contribution in [0.15, 0.2) is 28.2 Å².